The van der Waals surface area contributed by atoms with Gasteiger partial charge in [0, 0.05) is 46.4 Å². The van der Waals surface area contributed by atoms with Crippen LogP contribution in [0, 0.1) is 11.2 Å². The third-order valence-corrected chi connectivity index (χ3v) is 10.4. The first-order chi connectivity index (χ1) is 22.3. The van der Waals surface area contributed by atoms with Crippen LogP contribution in [0.4, 0.5) is 9.18 Å². The SMILES string of the molecule is COc1ccc(-c2cccc(C(C)=O)c2)cc1CN(C(=O)c1sc2cccc(F)c2c1Cl)C1CCC(N(CC(C)(C)C)C(=O)O)CC1. The molecule has 0 unspecified atom stereocenters. The number of halogens is 2. The average molecular weight is 679 g/mol. The van der Waals surface area contributed by atoms with E-state index in [1.807, 2.05) is 57.2 Å². The molecule has 1 aromatic heterocycles. The normalized spacial score (nSPS) is 16.6. The summed E-state index contributed by atoms with van der Waals surface area (Å²) >= 11 is 7.87. The summed E-state index contributed by atoms with van der Waals surface area (Å²) in [6.45, 7) is 8.19. The van der Waals surface area contributed by atoms with Crippen molar-refractivity contribution in [2.45, 2.75) is 72.0 Å². The zero-order valence-electron chi connectivity index (χ0n) is 27.3. The third kappa shape index (κ3) is 7.63. The van der Waals surface area contributed by atoms with E-state index in [0.717, 1.165) is 16.7 Å². The number of benzene rings is 3. The highest BCUT2D eigenvalue weighted by Gasteiger charge is 2.36. The maximum Gasteiger partial charge on any atom is 0.407 e. The van der Waals surface area contributed by atoms with Crippen LogP contribution < -0.4 is 4.74 Å². The quantitative estimate of drug-likeness (QED) is 0.178. The monoisotopic (exact) mass is 678 g/mol. The number of Topliss-reactive ketones (excluding diaryl/α,β-unsaturated/α-hetero) is 1. The Labute approximate surface area is 283 Å². The molecule has 10 heteroatoms. The van der Waals surface area contributed by atoms with Crippen LogP contribution in [0.5, 0.6) is 5.75 Å². The molecule has 1 fully saturated rings. The van der Waals surface area contributed by atoms with Crippen LogP contribution in [-0.2, 0) is 6.54 Å². The molecule has 1 N–H and O–H groups in total. The van der Waals surface area contributed by atoms with Crippen molar-refractivity contribution in [3.8, 4) is 16.9 Å². The van der Waals surface area contributed by atoms with Gasteiger partial charge in [-0.15, -0.1) is 11.3 Å². The molecule has 3 aromatic carbocycles. The maximum absolute atomic E-state index is 14.8. The van der Waals surface area contributed by atoms with Gasteiger partial charge in [-0.2, -0.15) is 0 Å². The molecule has 1 aliphatic carbocycles. The standard InChI is InChI=1S/C37H40ClFN2O5S/c1-22(42)23-8-6-9-24(18-23)25-12-17-30(46-5)26(19-25)20-40(35(43)34-33(38)32-29(39)10-7-11-31(32)47-34)27-13-15-28(16-14-27)41(36(44)45)21-37(2,3)4/h6-12,17-19,27-28H,13-16,20-21H2,1-5H3,(H,44,45). The molecule has 0 atom stereocenters. The number of hydrogen-bond donors (Lipinski definition) is 1. The van der Waals surface area contributed by atoms with Crippen LogP contribution in [0.2, 0.25) is 5.02 Å². The highest BCUT2D eigenvalue weighted by molar-refractivity contribution is 7.21. The number of nitrogens with zero attached hydrogens (tertiary/aromatic N) is 2. The number of ether oxygens (including phenoxy) is 1. The molecule has 1 aliphatic rings. The number of rotatable bonds is 9. The van der Waals surface area contributed by atoms with Crippen LogP contribution in [0.3, 0.4) is 0 Å². The van der Waals surface area contributed by atoms with Gasteiger partial charge in [0.2, 0.25) is 0 Å². The fourth-order valence-corrected chi connectivity index (χ4v) is 7.94. The van der Waals surface area contributed by atoms with E-state index in [9.17, 15) is 23.9 Å². The average Bonchev–Trinajstić information content (AvgIpc) is 3.39. The summed E-state index contributed by atoms with van der Waals surface area (Å²) in [5.74, 6) is -0.230. The van der Waals surface area contributed by atoms with Gasteiger partial charge in [-0.05, 0) is 79.5 Å². The van der Waals surface area contributed by atoms with E-state index in [2.05, 4.69) is 0 Å². The highest BCUT2D eigenvalue weighted by atomic mass is 35.5. The van der Waals surface area contributed by atoms with Gasteiger partial charge in [0.05, 0.1) is 12.1 Å². The molecule has 0 radical (unpaired) electrons. The van der Waals surface area contributed by atoms with Crippen LogP contribution >= 0.6 is 22.9 Å². The molecular formula is C37H40ClFN2O5S. The number of amides is 2. The van der Waals surface area contributed by atoms with Crippen molar-refractivity contribution in [2.75, 3.05) is 13.7 Å². The minimum absolute atomic E-state index is 0.0337. The number of hydrogen-bond acceptors (Lipinski definition) is 5. The van der Waals surface area contributed by atoms with Crippen molar-refractivity contribution < 1.29 is 28.6 Å². The molecule has 0 bridgehead atoms. The van der Waals surface area contributed by atoms with Gasteiger partial charge < -0.3 is 19.6 Å². The minimum Gasteiger partial charge on any atom is -0.496 e. The molecule has 4 aromatic rings. The molecule has 7 nitrogen and oxygen atoms in total. The third-order valence-electron chi connectivity index (χ3n) is 8.72. The van der Waals surface area contributed by atoms with Crippen LogP contribution in [0.25, 0.3) is 21.2 Å². The lowest BCUT2D eigenvalue weighted by Crippen LogP contribution is -2.49. The van der Waals surface area contributed by atoms with Crippen LogP contribution in [0.1, 0.15) is 79.0 Å². The van der Waals surface area contributed by atoms with E-state index in [4.69, 9.17) is 16.3 Å². The number of thiophene rings is 1. The molecule has 1 heterocycles. The second-order valence-electron chi connectivity index (χ2n) is 13.4. The van der Waals surface area contributed by atoms with Gasteiger partial charge in [-0.3, -0.25) is 9.59 Å². The van der Waals surface area contributed by atoms with Crippen molar-refractivity contribution in [1.82, 2.24) is 9.80 Å². The number of carbonyl (C=O) groups excluding carboxylic acids is 2. The lowest BCUT2D eigenvalue weighted by Gasteiger charge is -2.41. The number of fused-ring (bicyclic) bond motifs is 1. The molecular weight excluding hydrogens is 639 g/mol. The fourth-order valence-electron chi connectivity index (χ4n) is 6.43. The molecule has 248 valence electrons. The van der Waals surface area contributed by atoms with Crippen molar-refractivity contribution in [2.24, 2.45) is 5.41 Å². The second kappa shape index (κ2) is 14.0. The van der Waals surface area contributed by atoms with Gasteiger partial charge >= 0.3 is 6.09 Å². The molecule has 0 aliphatic heterocycles. The van der Waals surface area contributed by atoms with E-state index < -0.39 is 11.9 Å². The number of methoxy groups -OCH3 is 1. The molecule has 5 rings (SSSR count). The Hall–Kier alpha value is -3.95. The smallest absolute Gasteiger partial charge is 0.407 e. The summed E-state index contributed by atoms with van der Waals surface area (Å²) in [7, 11) is 1.58. The van der Waals surface area contributed by atoms with Crippen molar-refractivity contribution in [3.63, 3.8) is 0 Å². The van der Waals surface area contributed by atoms with Crippen molar-refractivity contribution in [1.29, 1.82) is 0 Å². The van der Waals surface area contributed by atoms with E-state index in [1.54, 1.807) is 30.2 Å². The summed E-state index contributed by atoms with van der Waals surface area (Å²) in [4.78, 5) is 42.4. The zero-order valence-corrected chi connectivity index (χ0v) is 28.9. The summed E-state index contributed by atoms with van der Waals surface area (Å²) in [5.41, 5.74) is 2.88. The number of carboxylic acid groups (broad SMARTS) is 1. The van der Waals surface area contributed by atoms with E-state index in [0.29, 0.717) is 48.2 Å². The minimum atomic E-state index is -0.939. The van der Waals surface area contributed by atoms with Gasteiger partial charge in [0.1, 0.15) is 16.4 Å². The maximum atomic E-state index is 14.8. The summed E-state index contributed by atoms with van der Waals surface area (Å²) in [6, 6.07) is 17.4. The van der Waals surface area contributed by atoms with Gasteiger partial charge in [0.25, 0.3) is 5.91 Å². The largest absolute Gasteiger partial charge is 0.496 e. The first-order valence-corrected chi connectivity index (χ1v) is 16.9. The molecule has 0 saturated heterocycles. The van der Waals surface area contributed by atoms with E-state index >= 15 is 0 Å². The predicted molar refractivity (Wildman–Crippen MR) is 185 cm³/mol. The Morgan fingerprint density at radius 3 is 2.19 bits per heavy atom. The topological polar surface area (TPSA) is 87.2 Å². The number of ketones is 1. The first kappa shape index (κ1) is 34.4. The van der Waals surface area contributed by atoms with Gasteiger partial charge in [-0.1, -0.05) is 62.7 Å². The molecule has 47 heavy (non-hydrogen) atoms. The molecule has 2 amide bonds. The Kier molecular flexibility index (Phi) is 10.3. The lowest BCUT2D eigenvalue weighted by molar-refractivity contribution is 0.0492. The van der Waals surface area contributed by atoms with Crippen LogP contribution in [0.15, 0.2) is 60.7 Å². The Balaban J connectivity index is 1.52. The summed E-state index contributed by atoms with van der Waals surface area (Å²) < 4.78 is 21.2. The lowest BCUT2D eigenvalue weighted by atomic mass is 9.87. The Morgan fingerprint density at radius 2 is 1.60 bits per heavy atom. The van der Waals surface area contributed by atoms with Crippen molar-refractivity contribution >= 4 is 50.8 Å². The summed E-state index contributed by atoms with van der Waals surface area (Å²) in [6.07, 6.45) is 1.43. The Bertz CT molecular complexity index is 1810. The number of carbonyl (C=O) groups is 3. The van der Waals surface area contributed by atoms with Crippen LogP contribution in [-0.4, -0.2) is 58.4 Å². The van der Waals surface area contributed by atoms with E-state index in [-0.39, 0.29) is 51.0 Å². The Morgan fingerprint density at radius 1 is 0.957 bits per heavy atom. The van der Waals surface area contributed by atoms with Gasteiger partial charge in [-0.25, -0.2) is 9.18 Å². The fraction of sp³-hybridized carbons (Fsp3) is 0.378. The second-order valence-corrected chi connectivity index (χ2v) is 14.8. The summed E-state index contributed by atoms with van der Waals surface area (Å²) in [5, 5.41) is 10.4. The predicted octanol–water partition coefficient (Wildman–Crippen LogP) is 9.55. The highest BCUT2D eigenvalue weighted by Crippen LogP contribution is 2.40. The van der Waals surface area contributed by atoms with Crippen molar-refractivity contribution in [3.05, 3.63) is 87.5 Å². The molecule has 1 saturated carbocycles. The first-order valence-electron chi connectivity index (χ1n) is 15.7. The molecule has 0 spiro atoms. The van der Waals surface area contributed by atoms with Gasteiger partial charge in [0.15, 0.2) is 5.78 Å². The van der Waals surface area contributed by atoms with E-state index in [1.165, 1.54) is 29.2 Å². The zero-order chi connectivity index (χ0) is 34.0.